The summed E-state index contributed by atoms with van der Waals surface area (Å²) in [7, 11) is 0. The number of rotatable bonds is 6. The number of carbonyl (C=O) groups is 1. The molecule has 2 aromatic rings. The molecule has 0 spiro atoms. The van der Waals surface area contributed by atoms with E-state index in [1.807, 2.05) is 51.1 Å². The van der Waals surface area contributed by atoms with Gasteiger partial charge in [0.25, 0.3) is 0 Å². The normalized spacial score (nSPS) is 11.1. The second-order valence-corrected chi connectivity index (χ2v) is 5.97. The lowest BCUT2D eigenvalue weighted by Gasteiger charge is -2.27. The van der Waals surface area contributed by atoms with E-state index in [1.165, 1.54) is 0 Å². The molecule has 0 aliphatic rings. The first kappa shape index (κ1) is 17.1. The molecule has 0 heterocycles. The highest BCUT2D eigenvalue weighted by Gasteiger charge is 2.34. The molecule has 0 aromatic heterocycles. The van der Waals surface area contributed by atoms with Crippen LogP contribution in [0.5, 0.6) is 0 Å². The average Bonchev–Trinajstić information content (AvgIpc) is 2.56. The fraction of sp³-hybridized carbons (Fsp3) is 0.350. The van der Waals surface area contributed by atoms with Crippen LogP contribution in [0.4, 0.5) is 5.69 Å². The SMILES string of the molecule is CCNc1c(-c2ccccc2)cccc1C(C)(C)C(=O)OCC. The van der Waals surface area contributed by atoms with Gasteiger partial charge in [-0.15, -0.1) is 0 Å². The van der Waals surface area contributed by atoms with Gasteiger partial charge in [-0.25, -0.2) is 0 Å². The van der Waals surface area contributed by atoms with E-state index in [0.29, 0.717) is 6.61 Å². The molecule has 23 heavy (non-hydrogen) atoms. The molecule has 122 valence electrons. The van der Waals surface area contributed by atoms with Crippen molar-refractivity contribution in [2.45, 2.75) is 33.1 Å². The van der Waals surface area contributed by atoms with E-state index in [4.69, 9.17) is 4.74 Å². The number of anilines is 1. The number of esters is 1. The topological polar surface area (TPSA) is 38.3 Å². The maximum Gasteiger partial charge on any atom is 0.316 e. The Hall–Kier alpha value is -2.29. The van der Waals surface area contributed by atoms with Crippen molar-refractivity contribution in [1.29, 1.82) is 0 Å². The van der Waals surface area contributed by atoms with Gasteiger partial charge >= 0.3 is 5.97 Å². The van der Waals surface area contributed by atoms with Crippen LogP contribution in [0.25, 0.3) is 11.1 Å². The van der Waals surface area contributed by atoms with E-state index in [-0.39, 0.29) is 5.97 Å². The highest BCUT2D eigenvalue weighted by molar-refractivity contribution is 5.89. The van der Waals surface area contributed by atoms with Crippen molar-refractivity contribution in [3.8, 4) is 11.1 Å². The lowest BCUT2D eigenvalue weighted by atomic mass is 9.81. The number of ether oxygens (including phenoxy) is 1. The van der Waals surface area contributed by atoms with Gasteiger partial charge in [0.15, 0.2) is 0 Å². The largest absolute Gasteiger partial charge is 0.465 e. The monoisotopic (exact) mass is 311 g/mol. The average molecular weight is 311 g/mol. The zero-order valence-electron chi connectivity index (χ0n) is 14.3. The van der Waals surface area contributed by atoms with Crippen molar-refractivity contribution in [2.75, 3.05) is 18.5 Å². The Morgan fingerprint density at radius 3 is 2.35 bits per heavy atom. The van der Waals surface area contributed by atoms with E-state index in [0.717, 1.165) is 28.9 Å². The summed E-state index contributed by atoms with van der Waals surface area (Å²) in [4.78, 5) is 12.4. The number of benzene rings is 2. The fourth-order valence-electron chi connectivity index (χ4n) is 2.72. The molecule has 0 aliphatic heterocycles. The zero-order chi connectivity index (χ0) is 16.9. The third-order valence-electron chi connectivity index (χ3n) is 3.96. The summed E-state index contributed by atoms with van der Waals surface area (Å²) in [6.07, 6.45) is 0. The van der Waals surface area contributed by atoms with Crippen LogP contribution in [0, 0.1) is 0 Å². The molecule has 3 heteroatoms. The predicted octanol–water partition coefficient (Wildman–Crippen LogP) is 4.63. The molecule has 0 unspecified atom stereocenters. The van der Waals surface area contributed by atoms with Crippen LogP contribution < -0.4 is 5.32 Å². The number of hydrogen-bond donors (Lipinski definition) is 1. The molecule has 1 N–H and O–H groups in total. The van der Waals surface area contributed by atoms with Crippen molar-refractivity contribution < 1.29 is 9.53 Å². The van der Waals surface area contributed by atoms with Crippen molar-refractivity contribution in [2.24, 2.45) is 0 Å². The Bertz CT molecular complexity index is 663. The first-order valence-electron chi connectivity index (χ1n) is 8.12. The van der Waals surface area contributed by atoms with Gasteiger partial charge < -0.3 is 10.1 Å². The van der Waals surface area contributed by atoms with Gasteiger partial charge in [-0.2, -0.15) is 0 Å². The van der Waals surface area contributed by atoms with Gasteiger partial charge in [0, 0.05) is 17.8 Å². The quantitative estimate of drug-likeness (QED) is 0.791. The van der Waals surface area contributed by atoms with Crippen molar-refractivity contribution in [3.05, 3.63) is 54.1 Å². The molecule has 0 saturated heterocycles. The van der Waals surface area contributed by atoms with Gasteiger partial charge in [-0.1, -0.05) is 48.5 Å². The van der Waals surface area contributed by atoms with Crippen molar-refractivity contribution >= 4 is 11.7 Å². The lowest BCUT2D eigenvalue weighted by molar-refractivity contribution is -0.148. The van der Waals surface area contributed by atoms with Crippen LogP contribution in [0.3, 0.4) is 0 Å². The van der Waals surface area contributed by atoms with Crippen LogP contribution in [-0.4, -0.2) is 19.1 Å². The third-order valence-corrected chi connectivity index (χ3v) is 3.96. The van der Waals surface area contributed by atoms with E-state index in [1.54, 1.807) is 0 Å². The Balaban J connectivity index is 2.59. The summed E-state index contributed by atoms with van der Waals surface area (Å²) in [5.74, 6) is -0.204. The molecular formula is C20H25NO2. The van der Waals surface area contributed by atoms with Crippen LogP contribution in [0.15, 0.2) is 48.5 Å². The van der Waals surface area contributed by atoms with Crippen LogP contribution >= 0.6 is 0 Å². The Morgan fingerprint density at radius 2 is 1.74 bits per heavy atom. The highest BCUT2D eigenvalue weighted by atomic mass is 16.5. The smallest absolute Gasteiger partial charge is 0.316 e. The van der Waals surface area contributed by atoms with Gasteiger partial charge in [0.1, 0.15) is 0 Å². The second kappa shape index (κ2) is 7.32. The maximum absolute atomic E-state index is 12.4. The first-order valence-corrected chi connectivity index (χ1v) is 8.12. The molecule has 3 nitrogen and oxygen atoms in total. The minimum Gasteiger partial charge on any atom is -0.465 e. The molecule has 2 aromatic carbocycles. The molecular weight excluding hydrogens is 286 g/mol. The third kappa shape index (κ3) is 3.55. The summed E-state index contributed by atoms with van der Waals surface area (Å²) in [6.45, 7) is 8.89. The van der Waals surface area contributed by atoms with Gasteiger partial charge in [0.05, 0.1) is 12.0 Å². The first-order chi connectivity index (χ1) is 11.0. The maximum atomic E-state index is 12.4. The Kier molecular flexibility index (Phi) is 5.43. The summed E-state index contributed by atoms with van der Waals surface area (Å²) < 4.78 is 5.27. The van der Waals surface area contributed by atoms with Crippen molar-refractivity contribution in [1.82, 2.24) is 0 Å². The molecule has 0 radical (unpaired) electrons. The standard InChI is InChI=1S/C20H25NO2/c1-5-21-18-16(15-11-8-7-9-12-15)13-10-14-17(18)20(3,4)19(22)23-6-2/h7-14,21H,5-6H2,1-4H3. The molecule has 0 aliphatic carbocycles. The van der Waals surface area contributed by atoms with Crippen molar-refractivity contribution in [3.63, 3.8) is 0 Å². The summed E-state index contributed by atoms with van der Waals surface area (Å²) in [5.41, 5.74) is 3.48. The van der Waals surface area contributed by atoms with E-state index in [2.05, 4.69) is 30.4 Å². The number of nitrogens with one attached hydrogen (secondary N) is 1. The van der Waals surface area contributed by atoms with Gasteiger partial charge in [-0.3, -0.25) is 4.79 Å². The van der Waals surface area contributed by atoms with Gasteiger partial charge in [0.2, 0.25) is 0 Å². The highest BCUT2D eigenvalue weighted by Crippen LogP contribution is 2.38. The summed E-state index contributed by atoms with van der Waals surface area (Å²) >= 11 is 0. The van der Waals surface area contributed by atoms with E-state index in [9.17, 15) is 4.79 Å². The number of carbonyl (C=O) groups excluding carboxylic acids is 1. The second-order valence-electron chi connectivity index (χ2n) is 5.97. The lowest BCUT2D eigenvalue weighted by Crippen LogP contribution is -2.32. The fourth-order valence-corrected chi connectivity index (χ4v) is 2.72. The van der Waals surface area contributed by atoms with E-state index < -0.39 is 5.41 Å². The zero-order valence-corrected chi connectivity index (χ0v) is 14.3. The number of hydrogen-bond acceptors (Lipinski definition) is 3. The van der Waals surface area contributed by atoms with Crippen LogP contribution in [-0.2, 0) is 14.9 Å². The molecule has 2 rings (SSSR count). The molecule has 0 saturated carbocycles. The molecule has 0 amide bonds. The van der Waals surface area contributed by atoms with Crippen LogP contribution in [0.2, 0.25) is 0 Å². The number of para-hydroxylation sites is 1. The predicted molar refractivity (Wildman–Crippen MR) is 95.7 cm³/mol. The minimum atomic E-state index is -0.710. The van der Waals surface area contributed by atoms with Crippen LogP contribution in [0.1, 0.15) is 33.3 Å². The molecule has 0 bridgehead atoms. The Morgan fingerprint density at radius 1 is 1.04 bits per heavy atom. The molecule has 0 atom stereocenters. The minimum absolute atomic E-state index is 0.204. The summed E-state index contributed by atoms with van der Waals surface area (Å²) in [6, 6.07) is 16.3. The van der Waals surface area contributed by atoms with E-state index >= 15 is 0 Å². The summed E-state index contributed by atoms with van der Waals surface area (Å²) in [5, 5.41) is 3.44. The molecule has 0 fully saturated rings. The Labute approximate surface area is 138 Å². The van der Waals surface area contributed by atoms with Gasteiger partial charge in [-0.05, 0) is 38.8 Å².